The summed E-state index contributed by atoms with van der Waals surface area (Å²) in [6, 6.07) is 0. The van der Waals surface area contributed by atoms with Crippen LogP contribution in [0.5, 0.6) is 0 Å². The maximum Gasteiger partial charge on any atom is 0.246 e. The molecular weight excluding hydrogens is 130 g/mol. The number of rotatable bonds is 4. The lowest BCUT2D eigenvalue weighted by Crippen LogP contribution is -2.31. The lowest BCUT2D eigenvalue weighted by molar-refractivity contribution is -0.126. The van der Waals surface area contributed by atoms with E-state index in [1.54, 1.807) is 0 Å². The normalized spacial score (nSPS) is 9.00. The fraction of sp³-hybridized carbons (Fsp3) is 0.571. The number of aliphatic hydroxyl groups is 1. The zero-order chi connectivity index (χ0) is 7.98. The highest BCUT2D eigenvalue weighted by molar-refractivity contribution is 5.86. The van der Waals surface area contributed by atoms with Crippen LogP contribution in [0.2, 0.25) is 0 Å². The van der Waals surface area contributed by atoms with Gasteiger partial charge in [0, 0.05) is 13.1 Å². The summed E-state index contributed by atoms with van der Waals surface area (Å²) in [6.45, 7) is 6.21. The van der Waals surface area contributed by atoms with Gasteiger partial charge in [0.2, 0.25) is 5.91 Å². The third-order valence-corrected chi connectivity index (χ3v) is 1.24. The molecular formula is C7H13NO2. The largest absolute Gasteiger partial charge is 0.395 e. The first kappa shape index (κ1) is 9.17. The molecule has 3 heteroatoms. The molecule has 3 nitrogen and oxygen atoms in total. The standard InChI is InChI=1S/C7H13NO2/c1-3-7(10)8(4-2)5-6-9/h3,9H,1,4-6H2,2H3. The molecule has 0 bridgehead atoms. The van der Waals surface area contributed by atoms with E-state index in [0.717, 1.165) is 0 Å². The molecule has 0 aliphatic carbocycles. The molecule has 1 N–H and O–H groups in total. The summed E-state index contributed by atoms with van der Waals surface area (Å²) in [5.74, 6) is -0.128. The first-order chi connectivity index (χ1) is 4.76. The molecule has 0 saturated heterocycles. The Labute approximate surface area is 61.0 Å². The molecule has 0 unspecified atom stereocenters. The minimum atomic E-state index is -0.128. The second-order valence-corrected chi connectivity index (χ2v) is 1.85. The Kier molecular flexibility index (Phi) is 4.58. The molecule has 0 aromatic carbocycles. The van der Waals surface area contributed by atoms with Crippen LogP contribution in [0.4, 0.5) is 0 Å². The van der Waals surface area contributed by atoms with Gasteiger partial charge < -0.3 is 10.0 Å². The molecule has 0 fully saturated rings. The average Bonchev–Trinajstić information content (AvgIpc) is 1.99. The van der Waals surface area contributed by atoms with Gasteiger partial charge in [-0.05, 0) is 13.0 Å². The van der Waals surface area contributed by atoms with Crippen molar-refractivity contribution in [3.8, 4) is 0 Å². The molecule has 0 aromatic rings. The summed E-state index contributed by atoms with van der Waals surface area (Å²) in [5, 5.41) is 8.48. The first-order valence-corrected chi connectivity index (χ1v) is 3.28. The number of carbonyl (C=O) groups excluding carboxylic acids is 1. The van der Waals surface area contributed by atoms with Crippen molar-refractivity contribution in [2.24, 2.45) is 0 Å². The fourth-order valence-electron chi connectivity index (χ4n) is 0.674. The number of likely N-dealkylation sites (N-methyl/N-ethyl adjacent to an activating group) is 1. The predicted octanol–water partition coefficient (Wildman–Crippen LogP) is 0.0132. The number of hydrogen-bond donors (Lipinski definition) is 1. The number of hydrogen-bond acceptors (Lipinski definition) is 2. The molecule has 0 aromatic heterocycles. The van der Waals surface area contributed by atoms with E-state index >= 15 is 0 Å². The van der Waals surface area contributed by atoms with Gasteiger partial charge in [-0.1, -0.05) is 6.58 Å². The van der Waals surface area contributed by atoms with Crippen molar-refractivity contribution < 1.29 is 9.90 Å². The van der Waals surface area contributed by atoms with Crippen LogP contribution in [0.3, 0.4) is 0 Å². The Balaban J connectivity index is 3.79. The first-order valence-electron chi connectivity index (χ1n) is 3.28. The summed E-state index contributed by atoms with van der Waals surface area (Å²) in [5.41, 5.74) is 0. The lowest BCUT2D eigenvalue weighted by atomic mass is 10.4. The molecule has 0 spiro atoms. The van der Waals surface area contributed by atoms with Gasteiger partial charge in [-0.25, -0.2) is 0 Å². The van der Waals surface area contributed by atoms with E-state index in [1.165, 1.54) is 11.0 Å². The van der Waals surface area contributed by atoms with Crippen molar-refractivity contribution in [2.45, 2.75) is 6.92 Å². The van der Waals surface area contributed by atoms with Crippen molar-refractivity contribution in [1.82, 2.24) is 4.90 Å². The lowest BCUT2D eigenvalue weighted by Gasteiger charge is -2.16. The van der Waals surface area contributed by atoms with Gasteiger partial charge in [-0.2, -0.15) is 0 Å². The summed E-state index contributed by atoms with van der Waals surface area (Å²) in [4.78, 5) is 12.4. The van der Waals surface area contributed by atoms with Gasteiger partial charge in [0.15, 0.2) is 0 Å². The van der Waals surface area contributed by atoms with Crippen LogP contribution in [0.15, 0.2) is 12.7 Å². The van der Waals surface area contributed by atoms with Crippen molar-refractivity contribution in [1.29, 1.82) is 0 Å². The monoisotopic (exact) mass is 143 g/mol. The Morgan fingerprint density at radius 1 is 1.80 bits per heavy atom. The van der Waals surface area contributed by atoms with E-state index in [9.17, 15) is 4.79 Å². The topological polar surface area (TPSA) is 40.5 Å². The van der Waals surface area contributed by atoms with E-state index in [0.29, 0.717) is 13.1 Å². The molecule has 10 heavy (non-hydrogen) atoms. The highest BCUT2D eigenvalue weighted by Gasteiger charge is 2.04. The van der Waals surface area contributed by atoms with Crippen LogP contribution in [0, 0.1) is 0 Å². The summed E-state index contributed by atoms with van der Waals surface area (Å²) in [7, 11) is 0. The van der Waals surface area contributed by atoms with Gasteiger partial charge in [0.05, 0.1) is 6.61 Å². The molecule has 0 saturated carbocycles. The maximum absolute atomic E-state index is 10.8. The Morgan fingerprint density at radius 2 is 2.40 bits per heavy atom. The molecule has 0 atom stereocenters. The minimum Gasteiger partial charge on any atom is -0.395 e. The van der Waals surface area contributed by atoms with Crippen molar-refractivity contribution >= 4 is 5.91 Å². The Morgan fingerprint density at radius 3 is 2.70 bits per heavy atom. The third kappa shape index (κ3) is 2.64. The van der Waals surface area contributed by atoms with E-state index in [4.69, 9.17) is 5.11 Å². The van der Waals surface area contributed by atoms with Crippen LogP contribution in [-0.2, 0) is 4.79 Å². The number of amides is 1. The van der Waals surface area contributed by atoms with Crippen LogP contribution < -0.4 is 0 Å². The second-order valence-electron chi connectivity index (χ2n) is 1.85. The Hall–Kier alpha value is -0.830. The molecule has 0 radical (unpaired) electrons. The van der Waals surface area contributed by atoms with Gasteiger partial charge in [-0.3, -0.25) is 4.79 Å². The minimum absolute atomic E-state index is 0.00736. The zero-order valence-electron chi connectivity index (χ0n) is 6.21. The number of aliphatic hydroxyl groups excluding tert-OH is 1. The van der Waals surface area contributed by atoms with Gasteiger partial charge >= 0.3 is 0 Å². The fourth-order valence-corrected chi connectivity index (χ4v) is 0.674. The SMILES string of the molecule is C=CC(=O)N(CC)CCO. The summed E-state index contributed by atoms with van der Waals surface area (Å²) >= 11 is 0. The van der Waals surface area contributed by atoms with Crippen LogP contribution in [0.25, 0.3) is 0 Å². The average molecular weight is 143 g/mol. The van der Waals surface area contributed by atoms with E-state index in [2.05, 4.69) is 6.58 Å². The molecule has 0 rings (SSSR count). The maximum atomic E-state index is 10.8. The molecule has 1 amide bonds. The third-order valence-electron chi connectivity index (χ3n) is 1.24. The smallest absolute Gasteiger partial charge is 0.246 e. The molecule has 0 aliphatic heterocycles. The van der Waals surface area contributed by atoms with Crippen LogP contribution in [0.1, 0.15) is 6.92 Å². The van der Waals surface area contributed by atoms with E-state index < -0.39 is 0 Å². The zero-order valence-corrected chi connectivity index (χ0v) is 6.21. The highest BCUT2D eigenvalue weighted by Crippen LogP contribution is 1.88. The summed E-state index contributed by atoms with van der Waals surface area (Å²) in [6.07, 6.45) is 1.25. The van der Waals surface area contributed by atoms with E-state index in [-0.39, 0.29) is 12.5 Å². The van der Waals surface area contributed by atoms with Crippen molar-refractivity contribution in [2.75, 3.05) is 19.7 Å². The Bertz CT molecular complexity index is 123. The predicted molar refractivity (Wildman–Crippen MR) is 39.5 cm³/mol. The van der Waals surface area contributed by atoms with Crippen molar-refractivity contribution in [3.63, 3.8) is 0 Å². The second kappa shape index (κ2) is 4.99. The van der Waals surface area contributed by atoms with Gasteiger partial charge in [-0.15, -0.1) is 0 Å². The van der Waals surface area contributed by atoms with Gasteiger partial charge in [0.25, 0.3) is 0 Å². The molecule has 58 valence electrons. The number of nitrogens with zero attached hydrogens (tertiary/aromatic N) is 1. The van der Waals surface area contributed by atoms with Crippen LogP contribution in [-0.4, -0.2) is 35.6 Å². The van der Waals surface area contributed by atoms with Crippen LogP contribution >= 0.6 is 0 Å². The molecule has 0 aliphatic rings. The highest BCUT2D eigenvalue weighted by atomic mass is 16.3. The van der Waals surface area contributed by atoms with Gasteiger partial charge in [0.1, 0.15) is 0 Å². The molecule has 0 heterocycles. The van der Waals surface area contributed by atoms with Crippen molar-refractivity contribution in [3.05, 3.63) is 12.7 Å². The van der Waals surface area contributed by atoms with E-state index in [1.807, 2.05) is 6.92 Å². The quantitative estimate of drug-likeness (QED) is 0.563. The summed E-state index contributed by atoms with van der Waals surface area (Å²) < 4.78 is 0. The number of carbonyl (C=O) groups is 1.